The maximum atomic E-state index is 12.6. The number of hydrogen-bond acceptors (Lipinski definition) is 10. The van der Waals surface area contributed by atoms with Gasteiger partial charge in [-0.3, -0.25) is 38.4 Å². The van der Waals surface area contributed by atoms with E-state index < -0.39 is 110 Å². The quantitative estimate of drug-likeness (QED) is 0.0904. The minimum atomic E-state index is -1.52. The molecular weight excluding hydrogens is 816 g/mol. The second-order valence-electron chi connectivity index (χ2n) is 15.8. The Morgan fingerprint density at radius 2 is 0.839 bits per heavy atom. The van der Waals surface area contributed by atoms with E-state index in [9.17, 15) is 79.2 Å². The first-order valence-corrected chi connectivity index (χ1v) is 19.4. The van der Waals surface area contributed by atoms with Crippen molar-refractivity contribution in [3.63, 3.8) is 0 Å². The summed E-state index contributed by atoms with van der Waals surface area (Å²) in [5.41, 5.74) is -0.882. The van der Waals surface area contributed by atoms with Gasteiger partial charge in [-0.25, -0.2) is 0 Å². The molecule has 3 aliphatic heterocycles. The fourth-order valence-electron chi connectivity index (χ4n) is 8.62. The van der Waals surface area contributed by atoms with Crippen molar-refractivity contribution in [1.29, 1.82) is 0 Å². The van der Waals surface area contributed by atoms with Gasteiger partial charge >= 0.3 is 47.8 Å². The summed E-state index contributed by atoms with van der Waals surface area (Å²) in [5.74, 6) is -10.1. The standard InChI is InChI=1S/C42H46N4O16/c1-41(17-39(59)60)23(5-9-35(51)52)29-14-27-21(11-37(55)56)19(3-7-33(47)48)25(43-27)13-26-20(4-8-34(49)50)22(12-38(57)58)28(44-26)15-31-42(2,18-40(61)62)24(6-10-36(53)54)30(46-31)16-32(41)45-29/h13-16,43-46H,3-12,17-18H2,1-2H3,(H,47,48)(H,49,50)(H,51,52)(H,53,54)(H,55,56)(H,57,58)(H,59,60)(H,61,62)/t41-,42-/m0/s1. The van der Waals surface area contributed by atoms with Gasteiger partial charge in [0.1, 0.15) is 0 Å². The van der Waals surface area contributed by atoms with E-state index >= 15 is 0 Å². The summed E-state index contributed by atoms with van der Waals surface area (Å²) in [6.07, 6.45) is 0.568. The molecular formula is C42H46N4O16. The maximum absolute atomic E-state index is 12.6. The average molecular weight is 863 g/mol. The topological polar surface area (TPSA) is 354 Å². The predicted octanol–water partition coefficient (Wildman–Crippen LogP) is 1.89. The second-order valence-corrected chi connectivity index (χ2v) is 15.8. The number of rotatable bonds is 20. The van der Waals surface area contributed by atoms with Crippen LogP contribution in [0.4, 0.5) is 0 Å². The van der Waals surface area contributed by atoms with Crippen LogP contribution in [0.15, 0.2) is 40.0 Å². The Balaban J connectivity index is 2.05. The molecule has 0 aliphatic carbocycles. The highest BCUT2D eigenvalue weighted by Crippen LogP contribution is 2.51. The van der Waals surface area contributed by atoms with Crippen LogP contribution in [-0.4, -0.2) is 98.6 Å². The van der Waals surface area contributed by atoms with Gasteiger partial charge in [0.15, 0.2) is 0 Å². The number of aromatic amines is 2. The second kappa shape index (κ2) is 18.1. The number of H-pyrrole nitrogens is 2. The SMILES string of the molecule is C[C@@]1(CC(=O)O)C2=Cc3[nH]c(c(CCC(=O)O)c3CC(=O)O)C=c3[nH]c(c(CC(=O)O)c3CCC(=O)O)=CC3=C(CCC(=O)O)[C@](C)(CC(=O)O)C(=CC(=C1CCC(=O)O)N2)N3. The van der Waals surface area contributed by atoms with Crippen molar-refractivity contribution < 1.29 is 79.2 Å². The number of hydrogen-bond donors (Lipinski definition) is 12. The van der Waals surface area contributed by atoms with E-state index in [1.165, 1.54) is 24.3 Å². The van der Waals surface area contributed by atoms with Crippen molar-refractivity contribution in [1.82, 2.24) is 20.6 Å². The van der Waals surface area contributed by atoms with E-state index in [4.69, 9.17) is 0 Å². The van der Waals surface area contributed by atoms with Crippen LogP contribution in [0.3, 0.4) is 0 Å². The number of aromatic nitrogens is 2. The number of allylic oxidation sites excluding steroid dienone is 4. The van der Waals surface area contributed by atoms with Gasteiger partial charge in [-0.1, -0.05) is 0 Å². The molecule has 0 radical (unpaired) electrons. The molecule has 0 saturated carbocycles. The van der Waals surface area contributed by atoms with Crippen molar-refractivity contribution in [2.75, 3.05) is 0 Å². The molecule has 0 spiro atoms. The molecule has 5 rings (SSSR count). The average Bonchev–Trinajstić information content (AvgIpc) is 3.77. The lowest BCUT2D eigenvalue weighted by Gasteiger charge is -2.28. The molecule has 8 bridgehead atoms. The number of carbonyl (C=O) groups is 8. The summed E-state index contributed by atoms with van der Waals surface area (Å²) in [6.45, 7) is 3.09. The van der Waals surface area contributed by atoms with Crippen LogP contribution in [0.25, 0.3) is 18.2 Å². The van der Waals surface area contributed by atoms with E-state index in [-0.39, 0.29) is 104 Å². The third-order valence-electron chi connectivity index (χ3n) is 11.5. The summed E-state index contributed by atoms with van der Waals surface area (Å²) >= 11 is 0. The third kappa shape index (κ3) is 9.96. The van der Waals surface area contributed by atoms with Crippen molar-refractivity contribution in [2.45, 2.75) is 90.9 Å². The smallest absolute Gasteiger partial charge is 0.307 e. The summed E-state index contributed by atoms with van der Waals surface area (Å²) in [5, 5.41) is 86.4. The zero-order chi connectivity index (χ0) is 45.8. The zero-order valence-corrected chi connectivity index (χ0v) is 33.6. The number of aliphatic carboxylic acids is 8. The van der Waals surface area contributed by atoms with Gasteiger partial charge in [-0.15, -0.1) is 0 Å². The van der Waals surface area contributed by atoms with Crippen LogP contribution >= 0.6 is 0 Å². The van der Waals surface area contributed by atoms with E-state index in [0.717, 1.165) is 0 Å². The highest BCUT2D eigenvalue weighted by atomic mass is 16.4. The van der Waals surface area contributed by atoms with Crippen LogP contribution < -0.4 is 21.3 Å². The van der Waals surface area contributed by atoms with Crippen LogP contribution in [0.2, 0.25) is 0 Å². The monoisotopic (exact) mass is 862 g/mol. The lowest BCUT2D eigenvalue weighted by molar-refractivity contribution is -0.139. The summed E-state index contributed by atoms with van der Waals surface area (Å²) in [6, 6.07) is 0. The molecule has 0 saturated heterocycles. The Bertz CT molecular complexity index is 2550. The number of carboxylic acids is 8. The zero-order valence-electron chi connectivity index (χ0n) is 33.6. The van der Waals surface area contributed by atoms with Gasteiger partial charge in [-0.2, -0.15) is 0 Å². The Morgan fingerprint density at radius 1 is 0.435 bits per heavy atom. The number of fused-ring (bicyclic) bond motifs is 8. The van der Waals surface area contributed by atoms with Gasteiger partial charge in [0, 0.05) is 81.4 Å². The molecule has 3 aliphatic rings. The Hall–Kier alpha value is -7.38. The van der Waals surface area contributed by atoms with Crippen molar-refractivity contribution in [3.8, 4) is 0 Å². The van der Waals surface area contributed by atoms with Gasteiger partial charge < -0.3 is 61.5 Å². The van der Waals surface area contributed by atoms with Crippen molar-refractivity contribution >= 4 is 66.0 Å². The molecule has 12 N–H and O–H groups in total. The Labute approximate surface area is 351 Å². The lowest BCUT2D eigenvalue weighted by Crippen LogP contribution is -2.26. The molecule has 0 unspecified atom stereocenters. The van der Waals surface area contributed by atoms with Crippen LogP contribution in [0.1, 0.15) is 98.9 Å². The van der Waals surface area contributed by atoms with E-state index in [0.29, 0.717) is 0 Å². The van der Waals surface area contributed by atoms with E-state index in [2.05, 4.69) is 20.6 Å². The van der Waals surface area contributed by atoms with Gasteiger partial charge in [0.25, 0.3) is 0 Å². The molecule has 0 amide bonds. The molecule has 2 aromatic heterocycles. The molecule has 2 atom stereocenters. The van der Waals surface area contributed by atoms with Crippen LogP contribution in [-0.2, 0) is 64.0 Å². The third-order valence-corrected chi connectivity index (χ3v) is 11.5. The van der Waals surface area contributed by atoms with Gasteiger partial charge in [0.05, 0.1) is 25.7 Å². The van der Waals surface area contributed by atoms with Crippen molar-refractivity contribution in [3.05, 3.63) is 84.4 Å². The molecule has 2 aromatic rings. The fourth-order valence-corrected chi connectivity index (χ4v) is 8.62. The first-order valence-electron chi connectivity index (χ1n) is 19.4. The minimum absolute atomic E-state index is 0.0996. The summed E-state index contributed by atoms with van der Waals surface area (Å²) in [4.78, 5) is 104. The largest absolute Gasteiger partial charge is 0.481 e. The number of nitrogens with one attached hydrogen (secondary N) is 4. The highest BCUT2D eigenvalue weighted by molar-refractivity contribution is 5.79. The first kappa shape index (κ1) is 45.7. The minimum Gasteiger partial charge on any atom is -0.481 e. The van der Waals surface area contributed by atoms with Crippen molar-refractivity contribution in [2.24, 2.45) is 10.8 Å². The highest BCUT2D eigenvalue weighted by Gasteiger charge is 2.46. The normalized spacial score (nSPS) is 19.1. The maximum Gasteiger partial charge on any atom is 0.307 e. The first-order chi connectivity index (χ1) is 29.0. The summed E-state index contributed by atoms with van der Waals surface area (Å²) in [7, 11) is 0. The van der Waals surface area contributed by atoms with Crippen LogP contribution in [0, 0.1) is 10.8 Å². The molecule has 20 nitrogen and oxygen atoms in total. The molecule has 62 heavy (non-hydrogen) atoms. The fraction of sp³-hybridized carbons (Fsp3) is 0.381. The molecule has 20 heteroatoms. The summed E-state index contributed by atoms with van der Waals surface area (Å²) < 4.78 is 0. The van der Waals surface area contributed by atoms with E-state index in [1.807, 2.05) is 0 Å². The predicted molar refractivity (Wildman–Crippen MR) is 214 cm³/mol. The molecule has 5 heterocycles. The van der Waals surface area contributed by atoms with Gasteiger partial charge in [-0.05, 0) is 97.2 Å². The number of carboxylic acid groups (broad SMARTS) is 8. The Morgan fingerprint density at radius 3 is 1.31 bits per heavy atom. The van der Waals surface area contributed by atoms with E-state index in [1.54, 1.807) is 13.8 Å². The molecule has 0 fully saturated rings. The van der Waals surface area contributed by atoms with Crippen LogP contribution in [0.5, 0.6) is 0 Å². The lowest BCUT2D eigenvalue weighted by atomic mass is 9.74. The molecule has 330 valence electrons. The molecule has 0 aromatic carbocycles. The van der Waals surface area contributed by atoms with Gasteiger partial charge in [0.2, 0.25) is 0 Å². The Kier molecular flexibility index (Phi) is 13.3.